The monoisotopic (exact) mass is 284 g/mol. The van der Waals surface area contributed by atoms with Crippen LogP contribution in [0.1, 0.15) is 5.56 Å². The minimum Gasteiger partial charge on any atom is -0.507 e. The third-order valence-electron chi connectivity index (χ3n) is 3.44. The molecule has 0 aliphatic carbocycles. The molecule has 1 atom stereocenters. The van der Waals surface area contributed by atoms with E-state index in [2.05, 4.69) is 0 Å². The zero-order valence-corrected chi connectivity index (χ0v) is 11.5. The van der Waals surface area contributed by atoms with Crippen LogP contribution in [0.2, 0.25) is 0 Å². The number of hydrogen-bond donors (Lipinski definition) is 3. The molecule has 0 amide bonds. The smallest absolute Gasteiger partial charge is 0.189 e. The van der Waals surface area contributed by atoms with E-state index in [0.717, 1.165) is 10.4 Å². The first-order valence-electron chi connectivity index (χ1n) is 6.50. The number of benzene rings is 2. The highest BCUT2D eigenvalue weighted by Gasteiger charge is 2.20. The van der Waals surface area contributed by atoms with E-state index in [9.17, 15) is 5.11 Å². The first kappa shape index (κ1) is 13.3. The third kappa shape index (κ3) is 2.28. The van der Waals surface area contributed by atoms with Crippen LogP contribution in [0.5, 0.6) is 17.2 Å². The number of aromatic hydroxyl groups is 1. The number of rotatable bonds is 2. The second kappa shape index (κ2) is 5.03. The molecule has 0 aromatic heterocycles. The molecule has 0 saturated carbocycles. The minimum atomic E-state index is -0.663. The number of hydrogen-bond acceptors (Lipinski definition) is 5. The molecule has 0 bridgehead atoms. The molecule has 21 heavy (non-hydrogen) atoms. The molecule has 2 aromatic rings. The standard InChI is InChI=1S/C16H16N2O3/c1-20-11-7-10(6-9-4-2-3-5-12(9)19)14-13(8-11)21-16(18)15(14)17/h2-8,16,19H,17-18H2,1H3. The molecule has 108 valence electrons. The van der Waals surface area contributed by atoms with Crippen LogP contribution in [0.25, 0.3) is 11.8 Å². The van der Waals surface area contributed by atoms with E-state index in [-0.39, 0.29) is 5.75 Å². The van der Waals surface area contributed by atoms with Crippen LogP contribution >= 0.6 is 0 Å². The fraction of sp³-hybridized carbons (Fsp3) is 0.125. The van der Waals surface area contributed by atoms with Gasteiger partial charge in [-0.1, -0.05) is 18.2 Å². The van der Waals surface area contributed by atoms with Gasteiger partial charge in [0.2, 0.25) is 0 Å². The second-order valence-corrected chi connectivity index (χ2v) is 4.79. The van der Waals surface area contributed by atoms with Crippen molar-refractivity contribution in [3.63, 3.8) is 0 Å². The number of phenolic OH excluding ortho intramolecular Hbond substituents is 1. The Bertz CT molecular complexity index is 815. The third-order valence-corrected chi connectivity index (χ3v) is 3.44. The lowest BCUT2D eigenvalue weighted by Gasteiger charge is -2.06. The predicted molar refractivity (Wildman–Crippen MR) is 80.1 cm³/mol. The van der Waals surface area contributed by atoms with Gasteiger partial charge in [-0.2, -0.15) is 0 Å². The predicted octanol–water partition coefficient (Wildman–Crippen LogP) is -0.0263. The van der Waals surface area contributed by atoms with Crippen molar-refractivity contribution in [2.24, 2.45) is 11.5 Å². The first-order valence-corrected chi connectivity index (χ1v) is 6.50. The molecule has 5 N–H and O–H groups in total. The molecule has 0 saturated heterocycles. The van der Waals surface area contributed by atoms with Crippen molar-refractivity contribution in [1.29, 1.82) is 0 Å². The zero-order chi connectivity index (χ0) is 15.0. The van der Waals surface area contributed by atoms with Crippen LogP contribution < -0.4 is 31.4 Å². The van der Waals surface area contributed by atoms with E-state index in [4.69, 9.17) is 20.9 Å². The molecule has 0 radical (unpaired) electrons. The van der Waals surface area contributed by atoms with Crippen LogP contribution in [0.3, 0.4) is 0 Å². The quantitative estimate of drug-likeness (QED) is 0.720. The fourth-order valence-electron chi connectivity index (χ4n) is 2.36. The molecule has 1 aliphatic heterocycles. The summed E-state index contributed by atoms with van der Waals surface area (Å²) in [5, 5.41) is 11.4. The normalized spacial score (nSPS) is 17.5. The maximum atomic E-state index is 9.91. The Morgan fingerprint density at radius 2 is 2.05 bits per heavy atom. The Morgan fingerprint density at radius 1 is 1.29 bits per heavy atom. The highest BCUT2D eigenvalue weighted by Crippen LogP contribution is 2.20. The zero-order valence-electron chi connectivity index (χ0n) is 11.5. The molecular formula is C16H16N2O3. The Labute approximate surface area is 121 Å². The van der Waals surface area contributed by atoms with E-state index in [1.165, 1.54) is 0 Å². The number of ether oxygens (including phenoxy) is 2. The molecule has 3 rings (SSSR count). The van der Waals surface area contributed by atoms with Crippen LogP contribution in [-0.2, 0) is 0 Å². The molecule has 5 heteroatoms. The van der Waals surface area contributed by atoms with Crippen LogP contribution in [0.15, 0.2) is 36.4 Å². The van der Waals surface area contributed by atoms with E-state index >= 15 is 0 Å². The van der Waals surface area contributed by atoms with Gasteiger partial charge in [0.25, 0.3) is 0 Å². The maximum absolute atomic E-state index is 9.91. The molecule has 5 nitrogen and oxygen atoms in total. The Kier molecular flexibility index (Phi) is 3.19. The van der Waals surface area contributed by atoms with Crippen LogP contribution in [-0.4, -0.2) is 18.4 Å². The van der Waals surface area contributed by atoms with Crippen molar-refractivity contribution in [1.82, 2.24) is 0 Å². The van der Waals surface area contributed by atoms with Gasteiger partial charge in [-0.25, -0.2) is 0 Å². The maximum Gasteiger partial charge on any atom is 0.189 e. The van der Waals surface area contributed by atoms with Gasteiger partial charge in [-0.05, 0) is 23.4 Å². The minimum absolute atomic E-state index is 0.191. The first-order chi connectivity index (χ1) is 10.1. The van der Waals surface area contributed by atoms with Crippen molar-refractivity contribution in [3.8, 4) is 17.2 Å². The van der Waals surface area contributed by atoms with Crippen molar-refractivity contribution in [2.75, 3.05) is 7.11 Å². The average Bonchev–Trinajstić information content (AvgIpc) is 2.76. The number of methoxy groups -OCH3 is 1. The van der Waals surface area contributed by atoms with Gasteiger partial charge >= 0.3 is 0 Å². The van der Waals surface area contributed by atoms with Crippen molar-refractivity contribution in [3.05, 3.63) is 52.4 Å². The van der Waals surface area contributed by atoms with E-state index < -0.39 is 6.23 Å². The number of phenols is 1. The fourth-order valence-corrected chi connectivity index (χ4v) is 2.36. The van der Waals surface area contributed by atoms with Crippen molar-refractivity contribution in [2.45, 2.75) is 6.23 Å². The summed E-state index contributed by atoms with van der Waals surface area (Å²) in [6.07, 6.45) is 1.16. The number of fused-ring (bicyclic) bond motifs is 1. The van der Waals surface area contributed by atoms with Gasteiger partial charge in [0.15, 0.2) is 6.23 Å². The molecule has 1 aliphatic rings. The summed E-state index contributed by atoms with van der Waals surface area (Å²) in [5.74, 6) is 1.41. The van der Waals surface area contributed by atoms with Crippen LogP contribution in [0.4, 0.5) is 0 Å². The van der Waals surface area contributed by atoms with Gasteiger partial charge in [0, 0.05) is 16.8 Å². The highest BCUT2D eigenvalue weighted by atomic mass is 16.5. The van der Waals surface area contributed by atoms with Crippen molar-refractivity contribution < 1.29 is 14.6 Å². The lowest BCUT2D eigenvalue weighted by atomic mass is 10.1. The Morgan fingerprint density at radius 3 is 2.76 bits per heavy atom. The summed E-state index contributed by atoms with van der Waals surface area (Å²) in [6, 6.07) is 10.6. The highest BCUT2D eigenvalue weighted by molar-refractivity contribution is 5.62. The second-order valence-electron chi connectivity index (χ2n) is 4.79. The van der Waals surface area contributed by atoms with Crippen LogP contribution in [0, 0.1) is 0 Å². The van der Waals surface area contributed by atoms with E-state index in [1.807, 2.05) is 24.3 Å². The van der Waals surface area contributed by atoms with Gasteiger partial charge in [0.05, 0.1) is 12.8 Å². The van der Waals surface area contributed by atoms with Gasteiger partial charge < -0.3 is 20.3 Å². The SMILES string of the molecule is COc1cc2c(c(=Cc3ccccc3O)c1)=C(N)C(N)O2. The van der Waals surface area contributed by atoms with Crippen molar-refractivity contribution >= 4 is 11.8 Å². The molecule has 0 spiro atoms. The van der Waals surface area contributed by atoms with Gasteiger partial charge in [0.1, 0.15) is 17.2 Å². The molecule has 1 unspecified atom stereocenters. The molecule has 0 fully saturated rings. The molecule has 2 aromatic carbocycles. The topological polar surface area (TPSA) is 90.7 Å². The largest absolute Gasteiger partial charge is 0.507 e. The summed E-state index contributed by atoms with van der Waals surface area (Å²) in [7, 11) is 1.58. The van der Waals surface area contributed by atoms with Gasteiger partial charge in [-0.3, -0.25) is 5.73 Å². The summed E-state index contributed by atoms with van der Waals surface area (Å²) < 4.78 is 10.8. The number of nitrogens with two attached hydrogens (primary N) is 2. The lowest BCUT2D eigenvalue weighted by molar-refractivity contribution is 0.275. The summed E-state index contributed by atoms with van der Waals surface area (Å²) in [6.45, 7) is 0. The van der Waals surface area contributed by atoms with E-state index in [1.54, 1.807) is 25.3 Å². The summed E-state index contributed by atoms with van der Waals surface area (Å²) in [5.41, 5.74) is 13.0. The molecule has 1 heterocycles. The molecular weight excluding hydrogens is 268 g/mol. The Hall–Kier alpha value is -2.66. The number of para-hydroxylation sites is 1. The summed E-state index contributed by atoms with van der Waals surface area (Å²) >= 11 is 0. The Balaban J connectivity index is 2.33. The average molecular weight is 284 g/mol. The summed E-state index contributed by atoms with van der Waals surface area (Å²) in [4.78, 5) is 0. The lowest BCUT2D eigenvalue weighted by Crippen LogP contribution is -2.33. The van der Waals surface area contributed by atoms with Gasteiger partial charge in [-0.15, -0.1) is 0 Å². The van der Waals surface area contributed by atoms with E-state index in [0.29, 0.717) is 22.8 Å².